The lowest BCUT2D eigenvalue weighted by atomic mass is 9.96. The Kier molecular flexibility index (Phi) is 9.78. The third kappa shape index (κ3) is 5.66. The van der Waals surface area contributed by atoms with E-state index in [-0.39, 0.29) is 0 Å². The van der Waals surface area contributed by atoms with E-state index < -0.39 is 89.2 Å². The van der Waals surface area contributed by atoms with Crippen LogP contribution in [0.1, 0.15) is 75.2 Å². The van der Waals surface area contributed by atoms with Gasteiger partial charge in [0.1, 0.15) is 33.3 Å². The van der Waals surface area contributed by atoms with Crippen molar-refractivity contribution < 1.29 is 35.1 Å². The summed E-state index contributed by atoms with van der Waals surface area (Å²) in [6, 6.07) is 0. The quantitative estimate of drug-likeness (QED) is 0.0580. The van der Waals surface area contributed by atoms with Gasteiger partial charge in [-0.25, -0.2) is 35.1 Å². The fraction of sp³-hybridized carbons (Fsp3) is 0.400. The minimum atomic E-state index is -2.05. The number of aromatic nitrogens is 4. The van der Waals surface area contributed by atoms with Gasteiger partial charge < -0.3 is 0 Å². The molecule has 0 amide bonds. The maximum atomic E-state index is 15.8. The molecule has 5 aromatic rings. The van der Waals surface area contributed by atoms with Crippen molar-refractivity contribution in [3.63, 3.8) is 0 Å². The van der Waals surface area contributed by atoms with E-state index in [1.165, 1.54) is 0 Å². The van der Waals surface area contributed by atoms with E-state index in [9.17, 15) is 0 Å². The molecule has 0 unspecified atom stereocenters. The van der Waals surface area contributed by atoms with Crippen LogP contribution in [0.25, 0.3) is 42.7 Å². The molecule has 0 saturated heterocycles. The highest BCUT2D eigenvalue weighted by Crippen LogP contribution is 2.44. The Labute approximate surface area is 255 Å². The topological polar surface area (TPSA) is 51.6 Å². The standard InChI is InChI=1S/C30H26F8N4S2/c1-3-5-7-9-11-13-39-41-29(43-13)19-23(33)15-17(25(35)27(19)37)22(32)16-18(21(15)31)26(36)28(38)20(24(16)34)30-42-40-14(44-30)12-10-8-6-4-2/h3-12H2,1-2H3. The Hall–Kier alpha value is -3.26. The van der Waals surface area contributed by atoms with Crippen LogP contribution in [0.15, 0.2) is 0 Å². The molecule has 0 bridgehead atoms. The van der Waals surface area contributed by atoms with E-state index in [2.05, 4.69) is 20.4 Å². The SMILES string of the molecule is CCCCCCc1nnc(-c2c(F)c(F)c3c(F)c4c(F)c(-c5nnc(CCCCCC)s5)c(F)c(F)c4c(F)c3c2F)s1. The van der Waals surface area contributed by atoms with Gasteiger partial charge in [0.15, 0.2) is 33.3 Å². The van der Waals surface area contributed by atoms with Crippen LogP contribution in [0, 0.1) is 46.5 Å². The first-order valence-electron chi connectivity index (χ1n) is 14.2. The fourth-order valence-electron chi connectivity index (χ4n) is 5.09. The van der Waals surface area contributed by atoms with E-state index in [4.69, 9.17) is 0 Å². The summed E-state index contributed by atoms with van der Waals surface area (Å²) >= 11 is 1.46. The Morgan fingerprint density at radius 2 is 0.773 bits per heavy atom. The van der Waals surface area contributed by atoms with Gasteiger partial charge in [-0.05, 0) is 12.8 Å². The Morgan fingerprint density at radius 1 is 0.409 bits per heavy atom. The van der Waals surface area contributed by atoms with Crippen molar-refractivity contribution in [1.82, 2.24) is 20.4 Å². The molecule has 2 heterocycles. The van der Waals surface area contributed by atoms with Crippen LogP contribution in [-0.4, -0.2) is 20.4 Å². The predicted molar refractivity (Wildman–Crippen MR) is 155 cm³/mol. The average Bonchev–Trinajstić information content (AvgIpc) is 3.66. The predicted octanol–water partition coefficient (Wildman–Crippen LogP) is 10.4. The second-order valence-corrected chi connectivity index (χ2v) is 12.5. The van der Waals surface area contributed by atoms with Gasteiger partial charge in [0, 0.05) is 12.8 Å². The Balaban J connectivity index is 1.66. The lowest BCUT2D eigenvalue weighted by molar-refractivity contribution is 0.495. The highest BCUT2D eigenvalue weighted by Gasteiger charge is 2.34. The number of unbranched alkanes of at least 4 members (excludes halogenated alkanes) is 6. The maximum Gasteiger partial charge on any atom is 0.172 e. The number of fused-ring (bicyclic) bond motifs is 2. The Morgan fingerprint density at radius 3 is 1.14 bits per heavy atom. The molecule has 234 valence electrons. The molecule has 0 saturated carbocycles. The van der Waals surface area contributed by atoms with Crippen LogP contribution in [0.2, 0.25) is 0 Å². The van der Waals surface area contributed by atoms with Crippen LogP contribution in [0.3, 0.4) is 0 Å². The van der Waals surface area contributed by atoms with Crippen molar-refractivity contribution in [2.24, 2.45) is 0 Å². The van der Waals surface area contributed by atoms with Gasteiger partial charge in [-0.1, -0.05) is 75.0 Å². The summed E-state index contributed by atoms with van der Waals surface area (Å²) in [6.45, 7) is 4.04. The van der Waals surface area contributed by atoms with E-state index >= 15 is 35.1 Å². The molecule has 14 heteroatoms. The minimum absolute atomic E-state index is 0.379. The molecule has 44 heavy (non-hydrogen) atoms. The zero-order valence-corrected chi connectivity index (χ0v) is 25.3. The normalized spacial score (nSPS) is 11.9. The van der Waals surface area contributed by atoms with Crippen molar-refractivity contribution in [1.29, 1.82) is 0 Å². The fourth-order valence-corrected chi connectivity index (χ4v) is 6.92. The molecule has 4 nitrogen and oxygen atoms in total. The number of hydrogen-bond acceptors (Lipinski definition) is 6. The van der Waals surface area contributed by atoms with E-state index in [0.29, 0.717) is 35.7 Å². The first-order chi connectivity index (χ1) is 21.1. The number of nitrogens with zero attached hydrogens (tertiary/aromatic N) is 4. The molecule has 0 aliphatic heterocycles. The van der Waals surface area contributed by atoms with Gasteiger partial charge in [-0.2, -0.15) is 0 Å². The largest absolute Gasteiger partial charge is 0.205 e. The summed E-state index contributed by atoms with van der Waals surface area (Å²) in [6.07, 6.45) is 7.88. The zero-order valence-electron chi connectivity index (χ0n) is 23.7. The van der Waals surface area contributed by atoms with Gasteiger partial charge >= 0.3 is 0 Å². The molecule has 0 aliphatic carbocycles. The second kappa shape index (κ2) is 13.4. The summed E-state index contributed by atoms with van der Waals surface area (Å²) < 4.78 is 124. The number of aryl methyl sites for hydroxylation is 2. The highest BCUT2D eigenvalue weighted by molar-refractivity contribution is 7.15. The zero-order chi connectivity index (χ0) is 31.7. The van der Waals surface area contributed by atoms with Gasteiger partial charge in [0.05, 0.1) is 32.7 Å². The van der Waals surface area contributed by atoms with E-state index in [1.807, 2.05) is 13.8 Å². The summed E-state index contributed by atoms with van der Waals surface area (Å²) in [7, 11) is 0. The maximum absolute atomic E-state index is 15.8. The first kappa shape index (κ1) is 32.1. The molecular formula is C30H26F8N4S2. The number of benzene rings is 3. The van der Waals surface area contributed by atoms with Crippen molar-refractivity contribution in [3.05, 3.63) is 56.6 Å². The lowest BCUT2D eigenvalue weighted by Gasteiger charge is -2.15. The lowest BCUT2D eigenvalue weighted by Crippen LogP contribution is -2.06. The molecular weight excluding hydrogens is 632 g/mol. The molecule has 0 N–H and O–H groups in total. The minimum Gasteiger partial charge on any atom is -0.205 e. The monoisotopic (exact) mass is 658 g/mol. The summed E-state index contributed by atoms with van der Waals surface area (Å²) in [5, 5.41) is 8.70. The summed E-state index contributed by atoms with van der Waals surface area (Å²) in [4.78, 5) is 0. The third-order valence-electron chi connectivity index (χ3n) is 7.37. The molecule has 0 radical (unpaired) electrons. The summed E-state index contributed by atoms with van der Waals surface area (Å²) in [5.74, 6) is -15.6. The average molecular weight is 659 g/mol. The van der Waals surface area contributed by atoms with E-state index in [1.54, 1.807) is 0 Å². The Bertz CT molecular complexity index is 1720. The summed E-state index contributed by atoms with van der Waals surface area (Å²) in [5.41, 5.74) is -2.30. The molecule has 2 aromatic heterocycles. The van der Waals surface area contributed by atoms with Gasteiger partial charge in [-0.3, -0.25) is 0 Å². The smallest absolute Gasteiger partial charge is 0.172 e. The van der Waals surface area contributed by atoms with Crippen LogP contribution < -0.4 is 0 Å². The number of rotatable bonds is 12. The highest BCUT2D eigenvalue weighted by atomic mass is 32.1. The molecule has 3 aromatic carbocycles. The number of halogens is 8. The van der Waals surface area contributed by atoms with Crippen molar-refractivity contribution in [2.75, 3.05) is 0 Å². The van der Waals surface area contributed by atoms with Crippen molar-refractivity contribution >= 4 is 44.2 Å². The number of hydrogen-bond donors (Lipinski definition) is 0. The van der Waals surface area contributed by atoms with Crippen molar-refractivity contribution in [2.45, 2.75) is 78.1 Å². The first-order valence-corrected chi connectivity index (χ1v) is 15.9. The molecule has 5 rings (SSSR count). The van der Waals surface area contributed by atoms with Crippen LogP contribution in [-0.2, 0) is 12.8 Å². The van der Waals surface area contributed by atoms with Gasteiger partial charge in [-0.15, -0.1) is 20.4 Å². The molecule has 0 atom stereocenters. The van der Waals surface area contributed by atoms with Gasteiger partial charge in [0.2, 0.25) is 0 Å². The second-order valence-electron chi connectivity index (χ2n) is 10.4. The third-order valence-corrected chi connectivity index (χ3v) is 9.37. The van der Waals surface area contributed by atoms with Crippen molar-refractivity contribution in [3.8, 4) is 21.1 Å². The molecule has 0 spiro atoms. The van der Waals surface area contributed by atoms with Crippen LogP contribution in [0.5, 0.6) is 0 Å². The van der Waals surface area contributed by atoms with E-state index in [0.717, 1.165) is 61.2 Å². The van der Waals surface area contributed by atoms with Crippen LogP contribution in [0.4, 0.5) is 35.1 Å². The van der Waals surface area contributed by atoms with Gasteiger partial charge in [0.25, 0.3) is 0 Å². The van der Waals surface area contributed by atoms with Crippen LogP contribution >= 0.6 is 22.7 Å². The molecule has 0 aliphatic rings. The molecule has 0 fully saturated rings.